The van der Waals surface area contributed by atoms with Crippen LogP contribution < -0.4 is 5.73 Å². The molecule has 4 heteroatoms. The standard InChI is InChI=1S/C16H24N2O2/c1-2-12-7-8-18(14(9-12)11-17)16(20)10-13-5-3-4-6-15(13)19/h3-6,12,14,19H,2,7-11,17H2,1H3. The SMILES string of the molecule is CCC1CCN(C(=O)Cc2ccccc2O)C(CN)C1. The van der Waals surface area contributed by atoms with Crippen molar-refractivity contribution in [2.75, 3.05) is 13.1 Å². The van der Waals surface area contributed by atoms with Gasteiger partial charge in [0.1, 0.15) is 5.75 Å². The number of rotatable bonds is 4. The van der Waals surface area contributed by atoms with Crippen LogP contribution in [-0.4, -0.2) is 35.0 Å². The number of carbonyl (C=O) groups is 1. The number of para-hydroxylation sites is 1. The minimum absolute atomic E-state index is 0.0662. The zero-order valence-electron chi connectivity index (χ0n) is 12.1. The van der Waals surface area contributed by atoms with E-state index in [-0.39, 0.29) is 24.1 Å². The van der Waals surface area contributed by atoms with Crippen LogP contribution in [0.2, 0.25) is 0 Å². The Bertz CT molecular complexity index is 462. The zero-order valence-corrected chi connectivity index (χ0v) is 12.1. The zero-order chi connectivity index (χ0) is 14.5. The monoisotopic (exact) mass is 276 g/mol. The van der Waals surface area contributed by atoms with Gasteiger partial charge in [-0.05, 0) is 24.8 Å². The third-order valence-corrected chi connectivity index (χ3v) is 4.33. The number of piperidine rings is 1. The summed E-state index contributed by atoms with van der Waals surface area (Å²) < 4.78 is 0. The van der Waals surface area contributed by atoms with Gasteiger partial charge in [-0.2, -0.15) is 0 Å². The number of nitrogens with zero attached hydrogens (tertiary/aromatic N) is 1. The number of nitrogens with two attached hydrogens (primary N) is 1. The van der Waals surface area contributed by atoms with Crippen LogP contribution in [0, 0.1) is 5.92 Å². The summed E-state index contributed by atoms with van der Waals surface area (Å²) in [4.78, 5) is 14.3. The number of benzene rings is 1. The van der Waals surface area contributed by atoms with Crippen LogP contribution >= 0.6 is 0 Å². The maximum absolute atomic E-state index is 12.4. The summed E-state index contributed by atoms with van der Waals surface area (Å²) in [5, 5.41) is 9.77. The summed E-state index contributed by atoms with van der Waals surface area (Å²) in [6.45, 7) is 3.49. The van der Waals surface area contributed by atoms with Crippen molar-refractivity contribution in [1.29, 1.82) is 0 Å². The first-order valence-electron chi connectivity index (χ1n) is 7.42. The highest BCUT2D eigenvalue weighted by atomic mass is 16.3. The minimum atomic E-state index is 0.0662. The third kappa shape index (κ3) is 3.31. The molecule has 0 radical (unpaired) electrons. The smallest absolute Gasteiger partial charge is 0.227 e. The molecule has 0 spiro atoms. The third-order valence-electron chi connectivity index (χ3n) is 4.33. The van der Waals surface area contributed by atoms with Gasteiger partial charge in [-0.1, -0.05) is 31.5 Å². The fraction of sp³-hybridized carbons (Fsp3) is 0.562. The first kappa shape index (κ1) is 14.9. The maximum atomic E-state index is 12.4. The number of likely N-dealkylation sites (tertiary alicyclic amines) is 1. The molecule has 110 valence electrons. The van der Waals surface area contributed by atoms with Gasteiger partial charge in [0.2, 0.25) is 5.91 Å². The second-order valence-corrected chi connectivity index (χ2v) is 5.58. The Balaban J connectivity index is 2.03. The van der Waals surface area contributed by atoms with E-state index >= 15 is 0 Å². The largest absolute Gasteiger partial charge is 0.508 e. The van der Waals surface area contributed by atoms with Crippen molar-refractivity contribution in [2.24, 2.45) is 11.7 Å². The highest BCUT2D eigenvalue weighted by Crippen LogP contribution is 2.26. The van der Waals surface area contributed by atoms with E-state index in [0.29, 0.717) is 18.0 Å². The number of carbonyl (C=O) groups excluding carboxylic acids is 1. The topological polar surface area (TPSA) is 66.6 Å². The van der Waals surface area contributed by atoms with Gasteiger partial charge < -0.3 is 15.7 Å². The highest BCUT2D eigenvalue weighted by Gasteiger charge is 2.30. The van der Waals surface area contributed by atoms with Crippen LogP contribution in [0.15, 0.2) is 24.3 Å². The van der Waals surface area contributed by atoms with Crippen molar-refractivity contribution in [3.63, 3.8) is 0 Å². The molecule has 3 N–H and O–H groups in total. The average molecular weight is 276 g/mol. The normalized spacial score (nSPS) is 22.8. The van der Waals surface area contributed by atoms with E-state index in [9.17, 15) is 9.90 Å². The van der Waals surface area contributed by atoms with Gasteiger partial charge in [0, 0.05) is 24.7 Å². The lowest BCUT2D eigenvalue weighted by atomic mass is 9.88. The Kier molecular flexibility index (Phi) is 5.01. The van der Waals surface area contributed by atoms with Crippen LogP contribution in [0.1, 0.15) is 31.7 Å². The molecule has 1 saturated heterocycles. The number of amides is 1. The number of hydrogen-bond donors (Lipinski definition) is 2. The lowest BCUT2D eigenvalue weighted by molar-refractivity contribution is -0.134. The molecule has 2 unspecified atom stereocenters. The van der Waals surface area contributed by atoms with E-state index in [2.05, 4.69) is 6.92 Å². The fourth-order valence-corrected chi connectivity index (χ4v) is 2.98. The van der Waals surface area contributed by atoms with Gasteiger partial charge in [0.15, 0.2) is 0 Å². The number of phenolic OH excluding ortho intramolecular Hbond substituents is 1. The Morgan fingerprint density at radius 1 is 1.45 bits per heavy atom. The lowest BCUT2D eigenvalue weighted by Crippen LogP contribution is -2.50. The molecule has 0 aromatic heterocycles. The van der Waals surface area contributed by atoms with Crippen molar-refractivity contribution in [2.45, 2.75) is 38.6 Å². The Morgan fingerprint density at radius 2 is 2.20 bits per heavy atom. The second-order valence-electron chi connectivity index (χ2n) is 5.58. The molecule has 1 aromatic carbocycles. The summed E-state index contributed by atoms with van der Waals surface area (Å²) >= 11 is 0. The van der Waals surface area contributed by atoms with Crippen molar-refractivity contribution in [1.82, 2.24) is 4.90 Å². The average Bonchev–Trinajstić information content (AvgIpc) is 2.48. The van der Waals surface area contributed by atoms with E-state index in [1.165, 1.54) is 0 Å². The molecule has 20 heavy (non-hydrogen) atoms. The molecular weight excluding hydrogens is 252 g/mol. The van der Waals surface area contributed by atoms with Gasteiger partial charge in [-0.25, -0.2) is 0 Å². The van der Waals surface area contributed by atoms with E-state index < -0.39 is 0 Å². The van der Waals surface area contributed by atoms with Gasteiger partial charge >= 0.3 is 0 Å². The fourth-order valence-electron chi connectivity index (χ4n) is 2.98. The van der Waals surface area contributed by atoms with E-state index in [1.807, 2.05) is 11.0 Å². The predicted octanol–water partition coefficient (Wildman–Crippen LogP) is 1.91. The van der Waals surface area contributed by atoms with Gasteiger partial charge in [0.25, 0.3) is 0 Å². The van der Waals surface area contributed by atoms with Crippen molar-refractivity contribution >= 4 is 5.91 Å². The lowest BCUT2D eigenvalue weighted by Gasteiger charge is -2.39. The number of hydrogen-bond acceptors (Lipinski definition) is 3. The molecule has 1 heterocycles. The van der Waals surface area contributed by atoms with Crippen molar-refractivity contribution < 1.29 is 9.90 Å². The van der Waals surface area contributed by atoms with E-state index in [1.54, 1.807) is 18.2 Å². The van der Waals surface area contributed by atoms with Crippen LogP contribution in [0.5, 0.6) is 5.75 Å². The van der Waals surface area contributed by atoms with Gasteiger partial charge in [0.05, 0.1) is 6.42 Å². The first-order chi connectivity index (χ1) is 9.65. The Labute approximate surface area is 120 Å². The van der Waals surface area contributed by atoms with Crippen LogP contribution in [0.25, 0.3) is 0 Å². The Hall–Kier alpha value is -1.55. The van der Waals surface area contributed by atoms with E-state index in [0.717, 1.165) is 25.8 Å². The molecule has 0 bridgehead atoms. The molecule has 1 aliphatic rings. The van der Waals surface area contributed by atoms with Gasteiger partial charge in [-0.15, -0.1) is 0 Å². The second kappa shape index (κ2) is 6.75. The molecular formula is C16H24N2O2. The molecule has 0 aliphatic carbocycles. The Morgan fingerprint density at radius 3 is 2.85 bits per heavy atom. The molecule has 0 saturated carbocycles. The molecule has 2 rings (SSSR count). The highest BCUT2D eigenvalue weighted by molar-refractivity contribution is 5.80. The predicted molar refractivity (Wildman–Crippen MR) is 79.4 cm³/mol. The van der Waals surface area contributed by atoms with Crippen molar-refractivity contribution in [3.8, 4) is 5.75 Å². The summed E-state index contributed by atoms with van der Waals surface area (Å²) in [7, 11) is 0. The molecule has 2 atom stereocenters. The molecule has 1 aliphatic heterocycles. The van der Waals surface area contributed by atoms with Gasteiger partial charge in [-0.3, -0.25) is 4.79 Å². The summed E-state index contributed by atoms with van der Waals surface area (Å²) in [6, 6.07) is 7.16. The quantitative estimate of drug-likeness (QED) is 0.883. The molecule has 1 fully saturated rings. The summed E-state index contributed by atoms with van der Waals surface area (Å²) in [5.74, 6) is 0.933. The van der Waals surface area contributed by atoms with Crippen LogP contribution in [0.4, 0.5) is 0 Å². The maximum Gasteiger partial charge on any atom is 0.227 e. The minimum Gasteiger partial charge on any atom is -0.508 e. The van der Waals surface area contributed by atoms with Crippen LogP contribution in [0.3, 0.4) is 0 Å². The van der Waals surface area contributed by atoms with Crippen LogP contribution in [-0.2, 0) is 11.2 Å². The van der Waals surface area contributed by atoms with E-state index in [4.69, 9.17) is 5.73 Å². The molecule has 1 amide bonds. The molecule has 1 aromatic rings. The summed E-state index contributed by atoms with van der Waals surface area (Å²) in [6.07, 6.45) is 3.46. The first-order valence-corrected chi connectivity index (χ1v) is 7.42. The number of aromatic hydroxyl groups is 1. The summed E-state index contributed by atoms with van der Waals surface area (Å²) in [5.41, 5.74) is 6.51. The number of phenols is 1. The van der Waals surface area contributed by atoms with Crippen molar-refractivity contribution in [3.05, 3.63) is 29.8 Å². The molecule has 4 nitrogen and oxygen atoms in total.